The molecule has 0 radical (unpaired) electrons. The summed E-state index contributed by atoms with van der Waals surface area (Å²) in [6, 6.07) is 13.0. The molecular formula is C21H17ClN6OS. The third kappa shape index (κ3) is 3.48. The number of nitrogens with zero attached hydrogens (tertiary/aromatic N) is 5. The molecule has 1 aliphatic carbocycles. The van der Waals surface area contributed by atoms with Crippen LogP contribution in [-0.2, 0) is 0 Å². The van der Waals surface area contributed by atoms with E-state index in [2.05, 4.69) is 25.5 Å². The standard InChI is InChI=1S/C21H17ClN6OS/c22-15-5-1-2-7-17(15)28-18(26-27-19(28)21-24-9-10-30-21)13-11-14(12-13)25-20(29)16-6-3-4-8-23-16/h1-10,13-14H,11-12H2,(H,25,29)/t13-,14-. The van der Waals surface area contributed by atoms with Gasteiger partial charge in [-0.15, -0.1) is 21.5 Å². The van der Waals surface area contributed by atoms with Gasteiger partial charge in [-0.05, 0) is 37.1 Å². The van der Waals surface area contributed by atoms with E-state index in [9.17, 15) is 4.79 Å². The van der Waals surface area contributed by atoms with E-state index in [0.717, 1.165) is 29.4 Å². The van der Waals surface area contributed by atoms with E-state index in [0.29, 0.717) is 16.5 Å². The summed E-state index contributed by atoms with van der Waals surface area (Å²) in [5, 5.41) is 15.3. The highest BCUT2D eigenvalue weighted by Gasteiger charge is 2.36. The van der Waals surface area contributed by atoms with Gasteiger partial charge in [0.15, 0.2) is 10.8 Å². The van der Waals surface area contributed by atoms with Gasteiger partial charge in [-0.25, -0.2) is 4.98 Å². The number of amides is 1. The highest BCUT2D eigenvalue weighted by molar-refractivity contribution is 7.13. The molecule has 1 saturated carbocycles. The third-order valence-corrected chi connectivity index (χ3v) is 6.23. The van der Waals surface area contributed by atoms with Crippen molar-refractivity contribution in [3.8, 4) is 16.5 Å². The Bertz CT molecular complexity index is 1170. The van der Waals surface area contributed by atoms with Gasteiger partial charge in [-0.3, -0.25) is 14.3 Å². The molecule has 1 amide bonds. The maximum atomic E-state index is 12.4. The van der Waals surface area contributed by atoms with Gasteiger partial charge in [0.1, 0.15) is 11.5 Å². The van der Waals surface area contributed by atoms with Crippen LogP contribution < -0.4 is 5.32 Å². The molecule has 0 spiro atoms. The number of carbonyl (C=O) groups excluding carboxylic acids is 1. The molecule has 1 fully saturated rings. The van der Waals surface area contributed by atoms with E-state index in [4.69, 9.17) is 11.6 Å². The van der Waals surface area contributed by atoms with Crippen molar-refractivity contribution in [3.05, 3.63) is 76.8 Å². The summed E-state index contributed by atoms with van der Waals surface area (Å²) in [6.45, 7) is 0. The van der Waals surface area contributed by atoms with E-state index in [-0.39, 0.29) is 17.9 Å². The summed E-state index contributed by atoms with van der Waals surface area (Å²) in [7, 11) is 0. The summed E-state index contributed by atoms with van der Waals surface area (Å²) in [5.41, 5.74) is 1.25. The molecule has 7 nitrogen and oxygen atoms in total. The van der Waals surface area contributed by atoms with Gasteiger partial charge in [0.05, 0.1) is 10.7 Å². The summed E-state index contributed by atoms with van der Waals surface area (Å²) in [5.74, 6) is 1.51. The Kier molecular flexibility index (Phi) is 5.02. The average molecular weight is 437 g/mol. The predicted molar refractivity (Wildman–Crippen MR) is 115 cm³/mol. The minimum absolute atomic E-state index is 0.0733. The van der Waals surface area contributed by atoms with E-state index >= 15 is 0 Å². The number of nitrogens with one attached hydrogen (secondary N) is 1. The molecule has 5 rings (SSSR count). The van der Waals surface area contributed by atoms with Gasteiger partial charge in [0.2, 0.25) is 0 Å². The predicted octanol–water partition coefficient (Wildman–Crippen LogP) is 4.12. The first-order chi connectivity index (χ1) is 14.7. The van der Waals surface area contributed by atoms with Crippen LogP contribution in [0.5, 0.6) is 0 Å². The number of rotatable bonds is 5. The Morgan fingerprint density at radius 2 is 1.90 bits per heavy atom. The first kappa shape index (κ1) is 18.9. The summed E-state index contributed by atoms with van der Waals surface area (Å²) in [6.07, 6.45) is 4.92. The maximum absolute atomic E-state index is 12.4. The van der Waals surface area contributed by atoms with Gasteiger partial charge in [0, 0.05) is 29.7 Å². The lowest BCUT2D eigenvalue weighted by Gasteiger charge is -2.35. The van der Waals surface area contributed by atoms with Crippen molar-refractivity contribution in [1.29, 1.82) is 0 Å². The molecule has 0 saturated heterocycles. The lowest BCUT2D eigenvalue weighted by atomic mass is 9.79. The quantitative estimate of drug-likeness (QED) is 0.508. The van der Waals surface area contributed by atoms with Crippen LogP contribution in [0.3, 0.4) is 0 Å². The average Bonchev–Trinajstić information content (AvgIpc) is 3.41. The zero-order valence-electron chi connectivity index (χ0n) is 15.8. The molecule has 4 aromatic rings. The minimum atomic E-state index is -0.157. The zero-order valence-corrected chi connectivity index (χ0v) is 17.3. The van der Waals surface area contributed by atoms with Gasteiger partial charge in [-0.1, -0.05) is 29.8 Å². The molecule has 0 bridgehead atoms. The number of benzene rings is 1. The van der Waals surface area contributed by atoms with Gasteiger partial charge in [-0.2, -0.15) is 0 Å². The monoisotopic (exact) mass is 436 g/mol. The SMILES string of the molecule is O=C(N[C@H]1C[C@H](c2nnc(-c3nccs3)n2-c2ccccc2Cl)C1)c1ccccn1. The van der Waals surface area contributed by atoms with E-state index in [1.807, 2.05) is 34.2 Å². The molecular weight excluding hydrogens is 420 g/mol. The van der Waals surface area contributed by atoms with Crippen LogP contribution in [-0.4, -0.2) is 36.7 Å². The van der Waals surface area contributed by atoms with E-state index < -0.39 is 0 Å². The first-order valence-electron chi connectivity index (χ1n) is 9.52. The summed E-state index contributed by atoms with van der Waals surface area (Å²) < 4.78 is 1.99. The summed E-state index contributed by atoms with van der Waals surface area (Å²) in [4.78, 5) is 20.9. The van der Waals surface area contributed by atoms with Gasteiger partial charge >= 0.3 is 0 Å². The van der Waals surface area contributed by atoms with Crippen LogP contribution in [0.2, 0.25) is 5.02 Å². The largest absolute Gasteiger partial charge is 0.348 e. The molecule has 9 heteroatoms. The van der Waals surface area contributed by atoms with Gasteiger partial charge in [0.25, 0.3) is 5.91 Å². The zero-order chi connectivity index (χ0) is 20.5. The summed E-state index contributed by atoms with van der Waals surface area (Å²) >= 11 is 8.00. The molecule has 0 aliphatic heterocycles. The van der Waals surface area contributed by atoms with Crippen LogP contribution in [0.25, 0.3) is 16.5 Å². The third-order valence-electron chi connectivity index (χ3n) is 5.14. The second-order valence-electron chi connectivity index (χ2n) is 7.06. The second-order valence-corrected chi connectivity index (χ2v) is 8.36. The van der Waals surface area contributed by atoms with E-state index in [1.54, 1.807) is 30.6 Å². The highest BCUT2D eigenvalue weighted by Crippen LogP contribution is 2.39. The van der Waals surface area contributed by atoms with Crippen molar-refractivity contribution in [2.24, 2.45) is 0 Å². The van der Waals surface area contributed by atoms with Crippen molar-refractivity contribution in [2.45, 2.75) is 24.8 Å². The Morgan fingerprint density at radius 3 is 2.63 bits per heavy atom. The fourth-order valence-electron chi connectivity index (χ4n) is 3.61. The number of hydrogen-bond donors (Lipinski definition) is 1. The van der Waals surface area contributed by atoms with Crippen LogP contribution >= 0.6 is 22.9 Å². The normalized spacial score (nSPS) is 18.0. The number of para-hydroxylation sites is 1. The Hall–Kier alpha value is -3.10. The molecule has 1 aromatic carbocycles. The molecule has 1 N–H and O–H groups in total. The number of carbonyl (C=O) groups is 1. The molecule has 30 heavy (non-hydrogen) atoms. The van der Waals surface area contributed by atoms with Crippen molar-refractivity contribution in [2.75, 3.05) is 0 Å². The van der Waals surface area contributed by atoms with E-state index in [1.165, 1.54) is 11.3 Å². The lowest BCUT2D eigenvalue weighted by Crippen LogP contribution is -2.44. The maximum Gasteiger partial charge on any atom is 0.270 e. The van der Waals surface area contributed by atoms with Crippen LogP contribution in [0.1, 0.15) is 35.1 Å². The lowest BCUT2D eigenvalue weighted by molar-refractivity contribution is 0.0902. The van der Waals surface area contributed by atoms with Crippen molar-refractivity contribution >= 4 is 28.8 Å². The Balaban J connectivity index is 1.40. The van der Waals surface area contributed by atoms with Crippen molar-refractivity contribution in [3.63, 3.8) is 0 Å². The fraction of sp³-hybridized carbons (Fsp3) is 0.190. The number of halogens is 1. The topological polar surface area (TPSA) is 85.6 Å². The highest BCUT2D eigenvalue weighted by atomic mass is 35.5. The minimum Gasteiger partial charge on any atom is -0.348 e. The van der Waals surface area contributed by atoms with Gasteiger partial charge < -0.3 is 5.32 Å². The molecule has 1 aliphatic rings. The number of aromatic nitrogens is 5. The number of pyridine rings is 1. The molecule has 3 aromatic heterocycles. The molecule has 0 atom stereocenters. The Morgan fingerprint density at radius 1 is 1.07 bits per heavy atom. The van der Waals surface area contributed by atoms with Crippen LogP contribution in [0.15, 0.2) is 60.2 Å². The fourth-order valence-corrected chi connectivity index (χ4v) is 4.44. The van der Waals surface area contributed by atoms with Crippen LogP contribution in [0, 0.1) is 0 Å². The Labute approximate surface area is 181 Å². The molecule has 3 heterocycles. The van der Waals surface area contributed by atoms with Crippen molar-refractivity contribution in [1.82, 2.24) is 30.0 Å². The second kappa shape index (κ2) is 7.97. The van der Waals surface area contributed by atoms with Crippen molar-refractivity contribution < 1.29 is 4.79 Å². The number of hydrogen-bond acceptors (Lipinski definition) is 6. The molecule has 150 valence electrons. The first-order valence-corrected chi connectivity index (χ1v) is 10.8. The smallest absolute Gasteiger partial charge is 0.270 e. The van der Waals surface area contributed by atoms with Crippen LogP contribution in [0.4, 0.5) is 0 Å². The molecule has 0 unspecified atom stereocenters. The number of thiazole rings is 1.